The van der Waals surface area contributed by atoms with Crippen LogP contribution in [0, 0.1) is 5.92 Å². The van der Waals surface area contributed by atoms with Crippen molar-refractivity contribution in [1.82, 2.24) is 10.2 Å². The Morgan fingerprint density at radius 2 is 1.63 bits per heavy atom. The maximum Gasteiger partial charge on any atom is 0.0377 e. The highest BCUT2D eigenvalue weighted by atomic mass is 15.2. The number of nitrogens with one attached hydrogen (secondary N) is 1. The monoisotopic (exact) mass is 258 g/mol. The van der Waals surface area contributed by atoms with Gasteiger partial charge in [0.2, 0.25) is 0 Å². The quantitative estimate of drug-likeness (QED) is 0.895. The van der Waals surface area contributed by atoms with Gasteiger partial charge in [0.15, 0.2) is 0 Å². The summed E-state index contributed by atoms with van der Waals surface area (Å²) in [4.78, 5) is 2.72. The Kier molecular flexibility index (Phi) is 4.52. The van der Waals surface area contributed by atoms with Crippen LogP contribution in [0.4, 0.5) is 0 Å². The van der Waals surface area contributed by atoms with Gasteiger partial charge in [0.25, 0.3) is 0 Å². The summed E-state index contributed by atoms with van der Waals surface area (Å²) in [5.74, 6) is 0.870. The van der Waals surface area contributed by atoms with Gasteiger partial charge in [-0.3, -0.25) is 4.90 Å². The van der Waals surface area contributed by atoms with Crippen LogP contribution in [0.3, 0.4) is 0 Å². The van der Waals surface area contributed by atoms with E-state index in [1.807, 2.05) is 0 Å². The Bertz CT molecular complexity index is 346. The molecule has 0 amide bonds. The third-order valence-electron chi connectivity index (χ3n) is 4.78. The lowest BCUT2D eigenvalue weighted by atomic mass is 9.80. The van der Waals surface area contributed by atoms with E-state index >= 15 is 0 Å². The van der Waals surface area contributed by atoms with Crippen LogP contribution in [0.15, 0.2) is 30.3 Å². The first kappa shape index (κ1) is 13.1. The van der Waals surface area contributed by atoms with Gasteiger partial charge >= 0.3 is 0 Å². The van der Waals surface area contributed by atoms with Gasteiger partial charge in [-0.25, -0.2) is 0 Å². The third-order valence-corrected chi connectivity index (χ3v) is 4.78. The number of piperazine rings is 1. The van der Waals surface area contributed by atoms with Gasteiger partial charge in [-0.2, -0.15) is 0 Å². The van der Waals surface area contributed by atoms with Crippen molar-refractivity contribution in [3.05, 3.63) is 35.9 Å². The van der Waals surface area contributed by atoms with Crippen molar-refractivity contribution in [3.63, 3.8) is 0 Å². The third kappa shape index (κ3) is 3.18. The molecule has 2 aliphatic rings. The summed E-state index contributed by atoms with van der Waals surface area (Å²) in [5, 5.41) is 3.48. The van der Waals surface area contributed by atoms with Gasteiger partial charge in [-0.15, -0.1) is 0 Å². The molecule has 1 aliphatic heterocycles. The smallest absolute Gasteiger partial charge is 0.0377 e. The summed E-state index contributed by atoms with van der Waals surface area (Å²) in [6.45, 7) is 4.71. The zero-order chi connectivity index (χ0) is 12.9. The fourth-order valence-corrected chi connectivity index (χ4v) is 3.84. The average Bonchev–Trinajstić information content (AvgIpc) is 2.51. The molecule has 0 unspecified atom stereocenters. The Hall–Kier alpha value is -0.860. The summed E-state index contributed by atoms with van der Waals surface area (Å²) in [6.07, 6.45) is 7.15. The minimum absolute atomic E-state index is 0.656. The molecule has 1 aliphatic carbocycles. The molecule has 2 heteroatoms. The van der Waals surface area contributed by atoms with E-state index in [1.165, 1.54) is 50.8 Å². The molecule has 0 aromatic heterocycles. The Balaban J connectivity index is 1.81. The Morgan fingerprint density at radius 3 is 2.32 bits per heavy atom. The van der Waals surface area contributed by atoms with Gasteiger partial charge in [0.1, 0.15) is 0 Å². The van der Waals surface area contributed by atoms with Crippen LogP contribution in [0.25, 0.3) is 0 Å². The van der Waals surface area contributed by atoms with Crippen LogP contribution in [0.2, 0.25) is 0 Å². The number of rotatable bonds is 3. The lowest BCUT2D eigenvalue weighted by molar-refractivity contribution is 0.103. The maximum absolute atomic E-state index is 3.48. The van der Waals surface area contributed by atoms with E-state index in [0.29, 0.717) is 6.04 Å². The van der Waals surface area contributed by atoms with E-state index in [2.05, 4.69) is 40.5 Å². The first-order valence-electron chi connectivity index (χ1n) is 7.95. The van der Waals surface area contributed by atoms with Crippen molar-refractivity contribution >= 4 is 0 Å². The summed E-state index contributed by atoms with van der Waals surface area (Å²) < 4.78 is 0. The summed E-state index contributed by atoms with van der Waals surface area (Å²) in [7, 11) is 0. The predicted molar refractivity (Wildman–Crippen MR) is 80.2 cm³/mol. The molecule has 19 heavy (non-hydrogen) atoms. The molecule has 1 saturated heterocycles. The van der Waals surface area contributed by atoms with Crippen molar-refractivity contribution in [2.24, 2.45) is 5.92 Å². The van der Waals surface area contributed by atoms with Crippen LogP contribution >= 0.6 is 0 Å². The van der Waals surface area contributed by atoms with E-state index in [9.17, 15) is 0 Å². The van der Waals surface area contributed by atoms with Crippen molar-refractivity contribution in [1.29, 1.82) is 0 Å². The second-order valence-corrected chi connectivity index (χ2v) is 6.04. The molecule has 1 aromatic rings. The molecular formula is C17H26N2. The fourth-order valence-electron chi connectivity index (χ4n) is 3.84. The van der Waals surface area contributed by atoms with Crippen LogP contribution in [-0.4, -0.2) is 31.1 Å². The van der Waals surface area contributed by atoms with Gasteiger partial charge in [0, 0.05) is 32.2 Å². The van der Waals surface area contributed by atoms with Gasteiger partial charge < -0.3 is 5.32 Å². The SMILES string of the molecule is c1ccc([C@H](C2CCCCC2)N2CCNCC2)cc1. The Morgan fingerprint density at radius 1 is 0.947 bits per heavy atom. The molecule has 0 radical (unpaired) electrons. The standard InChI is InChI=1S/C17H26N2/c1-3-7-15(8-4-1)17(16-9-5-2-6-10-16)19-13-11-18-12-14-19/h1,3-4,7-8,16-18H,2,5-6,9-14H2/t17-/m1/s1. The molecule has 2 fully saturated rings. The summed E-state index contributed by atoms with van der Waals surface area (Å²) in [5.41, 5.74) is 1.54. The van der Waals surface area contributed by atoms with Gasteiger partial charge in [-0.1, -0.05) is 49.6 Å². The normalized spacial score (nSPS) is 24.2. The molecule has 3 rings (SSSR count). The zero-order valence-electron chi connectivity index (χ0n) is 11.9. The van der Waals surface area contributed by atoms with E-state index < -0.39 is 0 Å². The van der Waals surface area contributed by atoms with Crippen molar-refractivity contribution < 1.29 is 0 Å². The topological polar surface area (TPSA) is 15.3 Å². The number of hydrogen-bond acceptors (Lipinski definition) is 2. The number of nitrogens with zero attached hydrogens (tertiary/aromatic N) is 1. The van der Waals surface area contributed by atoms with Crippen LogP contribution < -0.4 is 5.32 Å². The van der Waals surface area contributed by atoms with E-state index in [4.69, 9.17) is 0 Å². The highest BCUT2D eigenvalue weighted by molar-refractivity contribution is 5.20. The van der Waals surface area contributed by atoms with Crippen LogP contribution in [0.1, 0.15) is 43.7 Å². The lowest BCUT2D eigenvalue weighted by Crippen LogP contribution is -2.47. The van der Waals surface area contributed by atoms with E-state index in [1.54, 1.807) is 0 Å². The molecule has 2 nitrogen and oxygen atoms in total. The first-order valence-corrected chi connectivity index (χ1v) is 7.95. The fraction of sp³-hybridized carbons (Fsp3) is 0.647. The predicted octanol–water partition coefficient (Wildman–Crippen LogP) is 3.21. The first-order chi connectivity index (χ1) is 9.45. The number of benzene rings is 1. The highest BCUT2D eigenvalue weighted by Crippen LogP contribution is 2.38. The molecule has 104 valence electrons. The van der Waals surface area contributed by atoms with Crippen molar-refractivity contribution in [2.45, 2.75) is 38.1 Å². The van der Waals surface area contributed by atoms with E-state index in [0.717, 1.165) is 19.0 Å². The Labute approximate surface area is 117 Å². The van der Waals surface area contributed by atoms with Crippen molar-refractivity contribution in [2.75, 3.05) is 26.2 Å². The van der Waals surface area contributed by atoms with Crippen molar-refractivity contribution in [3.8, 4) is 0 Å². The molecule has 0 bridgehead atoms. The van der Waals surface area contributed by atoms with Gasteiger partial charge in [0.05, 0.1) is 0 Å². The second-order valence-electron chi connectivity index (χ2n) is 6.04. The average molecular weight is 258 g/mol. The molecule has 0 spiro atoms. The molecule has 1 aromatic carbocycles. The minimum Gasteiger partial charge on any atom is -0.314 e. The lowest BCUT2D eigenvalue weighted by Gasteiger charge is -2.41. The summed E-state index contributed by atoms with van der Waals surface area (Å²) >= 11 is 0. The largest absolute Gasteiger partial charge is 0.314 e. The molecule has 1 saturated carbocycles. The highest BCUT2D eigenvalue weighted by Gasteiger charge is 2.30. The molecule has 1 heterocycles. The van der Waals surface area contributed by atoms with E-state index in [-0.39, 0.29) is 0 Å². The zero-order valence-corrected chi connectivity index (χ0v) is 11.9. The molecule has 1 atom stereocenters. The molecule has 1 N–H and O–H groups in total. The minimum atomic E-state index is 0.656. The summed E-state index contributed by atoms with van der Waals surface area (Å²) in [6, 6.07) is 11.9. The number of hydrogen-bond donors (Lipinski definition) is 1. The maximum atomic E-state index is 3.48. The van der Waals surface area contributed by atoms with Crippen LogP contribution in [-0.2, 0) is 0 Å². The van der Waals surface area contributed by atoms with Crippen LogP contribution in [0.5, 0.6) is 0 Å². The van der Waals surface area contributed by atoms with Gasteiger partial charge in [-0.05, 0) is 24.3 Å². The molecular weight excluding hydrogens is 232 g/mol. The second kappa shape index (κ2) is 6.53.